The van der Waals surface area contributed by atoms with E-state index >= 15 is 0 Å². The molecule has 2 heterocycles. The van der Waals surface area contributed by atoms with Gasteiger partial charge in [-0.3, -0.25) is 9.59 Å². The van der Waals surface area contributed by atoms with Crippen LogP contribution in [0.25, 0.3) is 0 Å². The monoisotopic (exact) mass is 372 g/mol. The molecule has 1 aromatic rings. The second-order valence-electron chi connectivity index (χ2n) is 5.37. The first kappa shape index (κ1) is 16.5. The number of thiophene rings is 1. The Morgan fingerprint density at radius 1 is 1.33 bits per heavy atom. The van der Waals surface area contributed by atoms with Crippen LogP contribution in [0.15, 0.2) is 15.9 Å². The minimum absolute atomic E-state index is 0.0311. The maximum absolute atomic E-state index is 12.9. The Kier molecular flexibility index (Phi) is 5.09. The molecule has 2 rings (SSSR count). The highest BCUT2D eigenvalue weighted by Gasteiger charge is 2.48. The molecule has 0 radical (unpaired) electrons. The van der Waals surface area contributed by atoms with E-state index < -0.39 is 5.54 Å². The smallest absolute Gasteiger partial charge is 0.249 e. The third kappa shape index (κ3) is 3.01. The summed E-state index contributed by atoms with van der Waals surface area (Å²) in [6.07, 6.45) is 1.87. The van der Waals surface area contributed by atoms with Crippen LogP contribution in [0.3, 0.4) is 0 Å². The lowest BCUT2D eigenvalue weighted by Gasteiger charge is -2.45. The van der Waals surface area contributed by atoms with Crippen molar-refractivity contribution in [2.75, 3.05) is 0 Å². The van der Waals surface area contributed by atoms with Gasteiger partial charge in [0, 0.05) is 14.7 Å². The van der Waals surface area contributed by atoms with Crippen LogP contribution in [-0.2, 0) is 16.1 Å². The normalized spacial score (nSPS) is 21.5. The number of halogens is 1. The zero-order valence-electron chi connectivity index (χ0n) is 12.6. The Morgan fingerprint density at radius 2 is 2.00 bits per heavy atom. The van der Waals surface area contributed by atoms with E-state index in [4.69, 9.17) is 0 Å². The molecular formula is C15H21BrN2O2S. The molecule has 1 saturated heterocycles. The van der Waals surface area contributed by atoms with Crippen LogP contribution < -0.4 is 5.32 Å². The van der Waals surface area contributed by atoms with Crippen molar-refractivity contribution in [1.29, 1.82) is 0 Å². The number of carbonyl (C=O) groups is 2. The number of hydrogen-bond donors (Lipinski definition) is 1. The van der Waals surface area contributed by atoms with E-state index in [2.05, 4.69) is 21.2 Å². The fourth-order valence-electron chi connectivity index (χ4n) is 2.85. The molecule has 0 saturated carbocycles. The molecule has 1 unspecified atom stereocenters. The molecule has 1 aromatic heterocycles. The van der Waals surface area contributed by atoms with Gasteiger partial charge in [-0.25, -0.2) is 0 Å². The lowest BCUT2D eigenvalue weighted by molar-refractivity contribution is -0.156. The van der Waals surface area contributed by atoms with E-state index in [-0.39, 0.29) is 17.9 Å². The Bertz CT molecular complexity index is 540. The molecule has 2 amide bonds. The zero-order valence-corrected chi connectivity index (χ0v) is 15.0. The minimum Gasteiger partial charge on any atom is -0.340 e. The van der Waals surface area contributed by atoms with Gasteiger partial charge in [-0.15, -0.1) is 11.3 Å². The van der Waals surface area contributed by atoms with Crippen molar-refractivity contribution >= 4 is 39.1 Å². The van der Waals surface area contributed by atoms with E-state index in [0.29, 0.717) is 25.8 Å². The highest BCUT2D eigenvalue weighted by atomic mass is 79.9. The Morgan fingerprint density at radius 3 is 2.48 bits per heavy atom. The summed E-state index contributed by atoms with van der Waals surface area (Å²) >= 11 is 5.04. The molecule has 6 heteroatoms. The van der Waals surface area contributed by atoms with Crippen LogP contribution in [-0.4, -0.2) is 28.3 Å². The average molecular weight is 373 g/mol. The zero-order chi connectivity index (χ0) is 15.6. The molecular weight excluding hydrogens is 352 g/mol. The Balaban J connectivity index is 2.32. The molecule has 1 N–H and O–H groups in total. The summed E-state index contributed by atoms with van der Waals surface area (Å²) in [6.45, 7) is 6.35. The molecule has 21 heavy (non-hydrogen) atoms. The summed E-state index contributed by atoms with van der Waals surface area (Å²) in [5.41, 5.74) is -0.739. The highest BCUT2D eigenvalue weighted by Crippen LogP contribution is 2.29. The van der Waals surface area contributed by atoms with Crippen molar-refractivity contribution < 1.29 is 9.59 Å². The lowest BCUT2D eigenvalue weighted by atomic mass is 9.86. The van der Waals surface area contributed by atoms with Crippen LogP contribution in [0, 0.1) is 0 Å². The molecule has 116 valence electrons. The molecule has 1 aliphatic rings. The fourth-order valence-corrected chi connectivity index (χ4v) is 4.30. The van der Waals surface area contributed by atoms with E-state index in [1.54, 1.807) is 16.2 Å². The van der Waals surface area contributed by atoms with Gasteiger partial charge in [0.2, 0.25) is 11.8 Å². The third-order valence-electron chi connectivity index (χ3n) is 4.25. The van der Waals surface area contributed by atoms with Crippen molar-refractivity contribution in [3.63, 3.8) is 0 Å². The number of nitrogens with one attached hydrogen (secondary N) is 1. The third-order valence-corrected chi connectivity index (χ3v) is 5.94. The van der Waals surface area contributed by atoms with Crippen molar-refractivity contribution in [1.82, 2.24) is 10.2 Å². The maximum atomic E-state index is 12.9. The molecule has 0 bridgehead atoms. The summed E-state index contributed by atoms with van der Waals surface area (Å²) in [6, 6.07) is 1.64. The maximum Gasteiger partial charge on any atom is 0.249 e. The quantitative estimate of drug-likeness (QED) is 0.861. The van der Waals surface area contributed by atoms with Crippen LogP contribution in [0.2, 0.25) is 0 Å². The predicted octanol–water partition coefficient (Wildman–Crippen LogP) is 3.31. The van der Waals surface area contributed by atoms with Crippen molar-refractivity contribution in [3.8, 4) is 0 Å². The Labute approximate surface area is 138 Å². The van der Waals surface area contributed by atoms with Gasteiger partial charge in [-0.1, -0.05) is 20.8 Å². The van der Waals surface area contributed by atoms with Crippen LogP contribution in [0.1, 0.15) is 44.9 Å². The van der Waals surface area contributed by atoms with Gasteiger partial charge in [-0.2, -0.15) is 0 Å². The molecule has 1 aliphatic heterocycles. The van der Waals surface area contributed by atoms with Gasteiger partial charge in [-0.05, 0) is 41.3 Å². The molecule has 1 atom stereocenters. The summed E-state index contributed by atoms with van der Waals surface area (Å²) < 4.78 is 1.02. The topological polar surface area (TPSA) is 49.4 Å². The molecule has 0 spiro atoms. The van der Waals surface area contributed by atoms with E-state index in [1.165, 1.54) is 0 Å². The van der Waals surface area contributed by atoms with Gasteiger partial charge in [0.15, 0.2) is 0 Å². The van der Waals surface area contributed by atoms with Gasteiger partial charge in [0.25, 0.3) is 0 Å². The molecule has 0 aliphatic carbocycles. The molecule has 1 fully saturated rings. The predicted molar refractivity (Wildman–Crippen MR) is 88.1 cm³/mol. The van der Waals surface area contributed by atoms with Crippen molar-refractivity contribution in [2.45, 2.75) is 58.2 Å². The highest BCUT2D eigenvalue weighted by molar-refractivity contribution is 9.10. The summed E-state index contributed by atoms with van der Waals surface area (Å²) in [5, 5.41) is 4.96. The first-order valence-electron chi connectivity index (χ1n) is 7.33. The molecule has 4 nitrogen and oxygen atoms in total. The SMILES string of the molecule is CCC1C(=O)NC(CC)(CC)C(=O)N1Cc1cc(Br)cs1. The van der Waals surface area contributed by atoms with Crippen LogP contribution >= 0.6 is 27.3 Å². The van der Waals surface area contributed by atoms with Gasteiger partial charge >= 0.3 is 0 Å². The van der Waals surface area contributed by atoms with Crippen LogP contribution in [0.5, 0.6) is 0 Å². The standard InChI is InChI=1S/C15H21BrN2O2S/c1-4-12-13(19)17-15(5-2,6-3)14(20)18(12)8-11-7-10(16)9-21-11/h7,9,12H,4-6,8H2,1-3H3,(H,17,19). The molecule has 0 aromatic carbocycles. The van der Waals surface area contributed by atoms with E-state index in [0.717, 1.165) is 9.35 Å². The summed E-state index contributed by atoms with van der Waals surface area (Å²) in [5.74, 6) is 0.0138. The lowest BCUT2D eigenvalue weighted by Crippen LogP contribution is -2.69. The van der Waals surface area contributed by atoms with Crippen LogP contribution in [0.4, 0.5) is 0 Å². The second kappa shape index (κ2) is 6.48. The average Bonchev–Trinajstić information content (AvgIpc) is 2.88. The number of amides is 2. The van der Waals surface area contributed by atoms with Gasteiger partial charge in [0.1, 0.15) is 11.6 Å². The number of hydrogen-bond acceptors (Lipinski definition) is 3. The Hall–Kier alpha value is -0.880. The number of nitrogens with zero attached hydrogens (tertiary/aromatic N) is 1. The van der Waals surface area contributed by atoms with Crippen molar-refractivity contribution in [3.05, 3.63) is 20.8 Å². The number of carbonyl (C=O) groups excluding carboxylic acids is 2. The summed E-state index contributed by atoms with van der Waals surface area (Å²) in [4.78, 5) is 28.2. The minimum atomic E-state index is -0.739. The van der Waals surface area contributed by atoms with Gasteiger partial charge < -0.3 is 10.2 Å². The number of rotatable bonds is 5. The number of piperazine rings is 1. The van der Waals surface area contributed by atoms with E-state index in [1.807, 2.05) is 32.2 Å². The largest absolute Gasteiger partial charge is 0.340 e. The van der Waals surface area contributed by atoms with Gasteiger partial charge in [0.05, 0.1) is 6.54 Å². The second-order valence-corrected chi connectivity index (χ2v) is 7.28. The summed E-state index contributed by atoms with van der Waals surface area (Å²) in [7, 11) is 0. The van der Waals surface area contributed by atoms with E-state index in [9.17, 15) is 9.59 Å². The van der Waals surface area contributed by atoms with Crippen molar-refractivity contribution in [2.24, 2.45) is 0 Å². The fraction of sp³-hybridized carbons (Fsp3) is 0.600. The first-order valence-corrected chi connectivity index (χ1v) is 9.00. The first-order chi connectivity index (χ1) is 9.97.